The molecule has 0 saturated heterocycles. The Morgan fingerprint density at radius 3 is 2.73 bits per heavy atom. The van der Waals surface area contributed by atoms with Crippen molar-refractivity contribution in [1.29, 1.82) is 0 Å². The lowest BCUT2D eigenvalue weighted by Crippen LogP contribution is -2.24. The van der Waals surface area contributed by atoms with Crippen molar-refractivity contribution < 1.29 is 23.8 Å². The van der Waals surface area contributed by atoms with Gasteiger partial charge in [0.05, 0.1) is 18.7 Å². The second-order valence-corrected chi connectivity index (χ2v) is 9.21. The smallest absolute Gasteiger partial charge is 0.311 e. The van der Waals surface area contributed by atoms with Crippen LogP contribution in [0.15, 0.2) is 47.8 Å². The molecule has 1 amide bonds. The number of amides is 1. The van der Waals surface area contributed by atoms with Gasteiger partial charge in [-0.05, 0) is 44.5 Å². The van der Waals surface area contributed by atoms with Gasteiger partial charge in [-0.25, -0.2) is 4.98 Å². The third-order valence-corrected chi connectivity index (χ3v) is 5.87. The minimum absolute atomic E-state index is 0.0854. The highest BCUT2D eigenvalue weighted by Gasteiger charge is 2.32. The molecule has 0 unspecified atom stereocenters. The highest BCUT2D eigenvalue weighted by atomic mass is 32.1. The van der Waals surface area contributed by atoms with E-state index in [2.05, 4.69) is 30.2 Å². The molecule has 33 heavy (non-hydrogen) atoms. The summed E-state index contributed by atoms with van der Waals surface area (Å²) >= 11 is 1.27. The number of anilines is 1. The number of carbonyl (C=O) groups excluding carboxylic acids is 2. The lowest BCUT2D eigenvalue weighted by atomic mass is 10.0. The molecule has 1 aliphatic rings. The van der Waals surface area contributed by atoms with E-state index in [0.29, 0.717) is 29.6 Å². The van der Waals surface area contributed by atoms with Crippen LogP contribution in [0.1, 0.15) is 48.0 Å². The molecule has 4 rings (SSSR count). The summed E-state index contributed by atoms with van der Waals surface area (Å²) < 4.78 is 17.0. The average molecular weight is 467 g/mol. The van der Waals surface area contributed by atoms with Crippen LogP contribution in [0.2, 0.25) is 0 Å². The van der Waals surface area contributed by atoms with Crippen molar-refractivity contribution in [3.63, 3.8) is 0 Å². The van der Waals surface area contributed by atoms with E-state index in [1.54, 1.807) is 24.4 Å². The van der Waals surface area contributed by atoms with Gasteiger partial charge in [0, 0.05) is 22.9 Å². The number of para-hydroxylation sites is 1. The maximum atomic E-state index is 12.5. The largest absolute Gasteiger partial charge is 0.485 e. The van der Waals surface area contributed by atoms with Crippen molar-refractivity contribution in [3.05, 3.63) is 70.2 Å². The van der Waals surface area contributed by atoms with Crippen LogP contribution in [0, 0.1) is 0 Å². The molecule has 1 aliphatic heterocycles. The summed E-state index contributed by atoms with van der Waals surface area (Å²) in [5, 5.41) is 4.94. The summed E-state index contributed by atoms with van der Waals surface area (Å²) in [6, 6.07) is 13.2. The van der Waals surface area contributed by atoms with E-state index >= 15 is 0 Å². The van der Waals surface area contributed by atoms with Gasteiger partial charge in [-0.3, -0.25) is 14.9 Å². The molecule has 0 atom stereocenters. The maximum absolute atomic E-state index is 12.5. The maximum Gasteiger partial charge on any atom is 0.311 e. The Kier molecular flexibility index (Phi) is 6.65. The van der Waals surface area contributed by atoms with Crippen LogP contribution in [0.25, 0.3) is 0 Å². The minimum atomic E-state index is -0.339. The topological polar surface area (TPSA) is 86.8 Å². The van der Waals surface area contributed by atoms with Gasteiger partial charge in [0.1, 0.15) is 12.2 Å². The monoisotopic (exact) mass is 466 g/mol. The third-order valence-electron chi connectivity index (χ3n) is 5.07. The Bertz CT molecular complexity index is 1150. The first-order valence-electron chi connectivity index (χ1n) is 10.8. The van der Waals surface area contributed by atoms with Gasteiger partial charge in [-0.1, -0.05) is 24.3 Å². The average Bonchev–Trinajstić information content (AvgIpc) is 3.34. The van der Waals surface area contributed by atoms with Crippen LogP contribution in [-0.2, 0) is 29.0 Å². The summed E-state index contributed by atoms with van der Waals surface area (Å²) in [6.07, 6.45) is 0.939. The number of nitrogens with one attached hydrogen (secondary N) is 1. The van der Waals surface area contributed by atoms with E-state index in [0.717, 1.165) is 29.0 Å². The van der Waals surface area contributed by atoms with Gasteiger partial charge in [-0.2, -0.15) is 0 Å². The quantitative estimate of drug-likeness (QED) is 0.480. The van der Waals surface area contributed by atoms with E-state index in [9.17, 15) is 9.59 Å². The van der Waals surface area contributed by atoms with Crippen molar-refractivity contribution in [3.8, 4) is 11.5 Å². The van der Waals surface area contributed by atoms with Gasteiger partial charge in [0.2, 0.25) is 0 Å². The third kappa shape index (κ3) is 5.70. The fraction of sp³-hybridized carbons (Fsp3) is 0.320. The standard InChI is InChI=1S/C25H26N2O5S/c1-4-30-21(28)12-19-15-33-24(26-19)27-23(29)17-10-8-16(9-11-17)14-31-20-7-5-6-18-13-25(2,3)32-22(18)20/h5-11,15H,4,12-14H2,1-3H3,(H,26,27,29). The van der Waals surface area contributed by atoms with E-state index in [1.165, 1.54) is 11.3 Å². The molecule has 172 valence electrons. The number of nitrogens with zero attached hydrogens (tertiary/aromatic N) is 1. The number of ether oxygens (including phenoxy) is 3. The normalized spacial score (nSPS) is 13.7. The second-order valence-electron chi connectivity index (χ2n) is 8.35. The van der Waals surface area contributed by atoms with Crippen molar-refractivity contribution >= 4 is 28.3 Å². The zero-order chi connectivity index (χ0) is 23.4. The Labute approximate surface area is 196 Å². The van der Waals surface area contributed by atoms with Gasteiger partial charge >= 0.3 is 5.97 Å². The molecule has 1 N–H and O–H groups in total. The zero-order valence-corrected chi connectivity index (χ0v) is 19.7. The van der Waals surface area contributed by atoms with Crippen LogP contribution in [0.5, 0.6) is 11.5 Å². The Hall–Kier alpha value is -3.39. The SMILES string of the molecule is CCOC(=O)Cc1csc(NC(=O)c2ccc(COc3cccc4c3OC(C)(C)C4)cc2)n1. The van der Waals surface area contributed by atoms with E-state index in [-0.39, 0.29) is 23.9 Å². The van der Waals surface area contributed by atoms with Gasteiger partial charge in [-0.15, -0.1) is 11.3 Å². The number of hydrogen-bond donors (Lipinski definition) is 1. The van der Waals surface area contributed by atoms with E-state index in [4.69, 9.17) is 14.2 Å². The summed E-state index contributed by atoms with van der Waals surface area (Å²) in [7, 11) is 0. The molecule has 7 nitrogen and oxygen atoms in total. The Morgan fingerprint density at radius 1 is 1.18 bits per heavy atom. The minimum Gasteiger partial charge on any atom is -0.485 e. The first-order chi connectivity index (χ1) is 15.8. The molecule has 3 aromatic rings. The summed E-state index contributed by atoms with van der Waals surface area (Å²) in [6.45, 7) is 6.57. The lowest BCUT2D eigenvalue weighted by Gasteiger charge is -2.18. The van der Waals surface area contributed by atoms with Crippen molar-refractivity contribution in [2.45, 2.75) is 45.8 Å². The molecule has 0 bridgehead atoms. The van der Waals surface area contributed by atoms with E-state index in [1.807, 2.05) is 24.3 Å². The molecular weight excluding hydrogens is 440 g/mol. The molecule has 2 aromatic carbocycles. The van der Waals surface area contributed by atoms with Crippen molar-refractivity contribution in [2.75, 3.05) is 11.9 Å². The molecular formula is C25H26N2O5S. The second kappa shape index (κ2) is 9.62. The predicted molar refractivity (Wildman–Crippen MR) is 126 cm³/mol. The summed E-state index contributed by atoms with van der Waals surface area (Å²) in [5.41, 5.74) is 2.94. The predicted octanol–water partition coefficient (Wildman–Crippen LogP) is 4.79. The molecule has 0 spiro atoms. The van der Waals surface area contributed by atoms with Crippen LogP contribution in [0.3, 0.4) is 0 Å². The number of fused-ring (bicyclic) bond motifs is 1. The molecule has 1 aromatic heterocycles. The lowest BCUT2D eigenvalue weighted by molar-refractivity contribution is -0.142. The van der Waals surface area contributed by atoms with Crippen LogP contribution in [0.4, 0.5) is 5.13 Å². The van der Waals surface area contributed by atoms with Crippen molar-refractivity contribution in [2.24, 2.45) is 0 Å². The number of aromatic nitrogens is 1. The Morgan fingerprint density at radius 2 is 1.97 bits per heavy atom. The number of carbonyl (C=O) groups is 2. The molecule has 0 aliphatic carbocycles. The molecule has 0 fully saturated rings. The highest BCUT2D eigenvalue weighted by Crippen LogP contribution is 2.41. The Balaban J connectivity index is 1.33. The van der Waals surface area contributed by atoms with Crippen LogP contribution < -0.4 is 14.8 Å². The molecule has 0 radical (unpaired) electrons. The number of thiazole rings is 1. The molecule has 2 heterocycles. The fourth-order valence-corrected chi connectivity index (χ4v) is 4.29. The fourth-order valence-electron chi connectivity index (χ4n) is 3.59. The molecule has 0 saturated carbocycles. The van der Waals surface area contributed by atoms with Gasteiger partial charge in [0.15, 0.2) is 16.6 Å². The van der Waals surface area contributed by atoms with Gasteiger partial charge < -0.3 is 14.2 Å². The molecule has 8 heteroatoms. The van der Waals surface area contributed by atoms with Crippen LogP contribution >= 0.6 is 11.3 Å². The van der Waals surface area contributed by atoms with Crippen LogP contribution in [-0.4, -0.2) is 29.1 Å². The van der Waals surface area contributed by atoms with E-state index < -0.39 is 0 Å². The number of rotatable bonds is 8. The zero-order valence-electron chi connectivity index (χ0n) is 18.8. The summed E-state index contributed by atoms with van der Waals surface area (Å²) in [4.78, 5) is 28.4. The van der Waals surface area contributed by atoms with Crippen molar-refractivity contribution in [1.82, 2.24) is 4.98 Å². The number of esters is 1. The first-order valence-corrected chi connectivity index (χ1v) is 11.6. The van der Waals surface area contributed by atoms with Gasteiger partial charge in [0.25, 0.3) is 5.91 Å². The number of benzene rings is 2. The highest BCUT2D eigenvalue weighted by molar-refractivity contribution is 7.14. The number of hydrogen-bond acceptors (Lipinski definition) is 7. The first kappa shape index (κ1) is 22.8. The summed E-state index contributed by atoms with van der Waals surface area (Å²) in [5.74, 6) is 0.928.